The van der Waals surface area contributed by atoms with Crippen molar-refractivity contribution < 1.29 is 13.2 Å². The van der Waals surface area contributed by atoms with E-state index in [0.717, 1.165) is 5.56 Å². The maximum absolute atomic E-state index is 12.6. The molecule has 3 rings (SSSR count). The largest absolute Gasteiger partial charge is 0.325 e. The summed E-state index contributed by atoms with van der Waals surface area (Å²) in [6, 6.07) is 11.6. The normalized spacial score (nSPS) is 17.5. The highest BCUT2D eigenvalue weighted by molar-refractivity contribution is 7.89. The summed E-state index contributed by atoms with van der Waals surface area (Å²) in [5, 5.41) is 2.82. The van der Waals surface area contributed by atoms with Crippen molar-refractivity contribution in [1.29, 1.82) is 0 Å². The second-order valence-corrected chi connectivity index (χ2v) is 8.98. The molecular formula is C20H25N3O4S. The van der Waals surface area contributed by atoms with E-state index < -0.39 is 16.1 Å². The molecule has 8 heteroatoms. The number of anilines is 1. The lowest BCUT2D eigenvalue weighted by atomic mass is 10.2. The van der Waals surface area contributed by atoms with Gasteiger partial charge in [-0.25, -0.2) is 8.42 Å². The maximum Gasteiger partial charge on any atom is 0.250 e. The Kier molecular flexibility index (Phi) is 6.31. The van der Waals surface area contributed by atoms with Crippen LogP contribution < -0.4 is 10.9 Å². The van der Waals surface area contributed by atoms with E-state index >= 15 is 0 Å². The fourth-order valence-electron chi connectivity index (χ4n) is 3.42. The first-order valence-electron chi connectivity index (χ1n) is 9.45. The lowest BCUT2D eigenvalue weighted by molar-refractivity contribution is -0.119. The van der Waals surface area contributed by atoms with Crippen molar-refractivity contribution in [3.63, 3.8) is 0 Å². The minimum absolute atomic E-state index is 0.0599. The van der Waals surface area contributed by atoms with E-state index in [4.69, 9.17) is 0 Å². The zero-order chi connectivity index (χ0) is 20.1. The first-order chi connectivity index (χ1) is 13.4. The maximum atomic E-state index is 12.6. The molecule has 0 bridgehead atoms. The standard InChI is InChI=1S/C20H25N3O4S/c1-2-14-28(26,27)23-13-5-6-18(23)20(25)21-17-10-8-16(9-11-17)15-22-12-4-3-7-19(22)24/h3-4,7-12,18H,2,5-6,13-15H2,1H3,(H,21,25). The van der Waals surface area contributed by atoms with Gasteiger partial charge in [0.1, 0.15) is 6.04 Å². The predicted octanol–water partition coefficient (Wildman–Crippen LogP) is 2.04. The number of pyridine rings is 1. The fraction of sp³-hybridized carbons (Fsp3) is 0.400. The van der Waals surface area contributed by atoms with Crippen LogP contribution in [-0.4, -0.2) is 41.5 Å². The molecule has 1 aliphatic heterocycles. The molecular weight excluding hydrogens is 378 g/mol. The van der Waals surface area contributed by atoms with Crippen molar-refractivity contribution in [3.05, 3.63) is 64.6 Å². The summed E-state index contributed by atoms with van der Waals surface area (Å²) < 4.78 is 27.7. The van der Waals surface area contributed by atoms with Crippen LogP contribution in [0.3, 0.4) is 0 Å². The van der Waals surface area contributed by atoms with Gasteiger partial charge in [0.25, 0.3) is 5.56 Å². The van der Waals surface area contributed by atoms with Gasteiger partial charge in [-0.05, 0) is 43.0 Å². The van der Waals surface area contributed by atoms with Crippen molar-refractivity contribution >= 4 is 21.6 Å². The summed E-state index contributed by atoms with van der Waals surface area (Å²) >= 11 is 0. The van der Waals surface area contributed by atoms with E-state index in [1.54, 1.807) is 35.0 Å². The average molecular weight is 404 g/mol. The van der Waals surface area contributed by atoms with Crippen LogP contribution in [0, 0.1) is 0 Å². The highest BCUT2D eigenvalue weighted by atomic mass is 32.2. The van der Waals surface area contributed by atoms with Gasteiger partial charge in [0.2, 0.25) is 15.9 Å². The predicted molar refractivity (Wildman–Crippen MR) is 109 cm³/mol. The lowest BCUT2D eigenvalue weighted by Gasteiger charge is -2.23. The second-order valence-electron chi connectivity index (χ2n) is 6.94. The third kappa shape index (κ3) is 4.69. The molecule has 1 aromatic carbocycles. The van der Waals surface area contributed by atoms with Crippen LogP contribution in [0.25, 0.3) is 0 Å². The van der Waals surface area contributed by atoms with Gasteiger partial charge in [-0.1, -0.05) is 25.1 Å². The fourth-order valence-corrected chi connectivity index (χ4v) is 5.16. The first kappa shape index (κ1) is 20.3. The molecule has 28 heavy (non-hydrogen) atoms. The van der Waals surface area contributed by atoms with Crippen LogP contribution in [0.5, 0.6) is 0 Å². The zero-order valence-electron chi connectivity index (χ0n) is 15.9. The van der Waals surface area contributed by atoms with Crippen LogP contribution in [0.15, 0.2) is 53.5 Å². The molecule has 2 aromatic rings. The minimum atomic E-state index is -3.40. The molecule has 7 nitrogen and oxygen atoms in total. The third-order valence-corrected chi connectivity index (χ3v) is 6.87. The smallest absolute Gasteiger partial charge is 0.250 e. The molecule has 0 spiro atoms. The van der Waals surface area contributed by atoms with Gasteiger partial charge < -0.3 is 9.88 Å². The van der Waals surface area contributed by atoms with Gasteiger partial charge in [-0.2, -0.15) is 4.31 Å². The van der Waals surface area contributed by atoms with Crippen LogP contribution in [0.2, 0.25) is 0 Å². The molecule has 1 unspecified atom stereocenters. The van der Waals surface area contributed by atoms with E-state index in [-0.39, 0.29) is 17.2 Å². The quantitative estimate of drug-likeness (QED) is 0.766. The molecule has 1 saturated heterocycles. The second kappa shape index (κ2) is 8.70. The molecule has 1 N–H and O–H groups in total. The molecule has 1 aromatic heterocycles. The summed E-state index contributed by atoms with van der Waals surface area (Å²) in [6.45, 7) is 2.65. The molecule has 0 aliphatic carbocycles. The van der Waals surface area contributed by atoms with E-state index in [9.17, 15) is 18.0 Å². The summed E-state index contributed by atoms with van der Waals surface area (Å²) in [4.78, 5) is 24.4. The van der Waals surface area contributed by atoms with Crippen LogP contribution in [0.4, 0.5) is 5.69 Å². The highest BCUT2D eigenvalue weighted by Gasteiger charge is 2.38. The summed E-state index contributed by atoms with van der Waals surface area (Å²) in [5.41, 5.74) is 1.46. The first-order valence-corrected chi connectivity index (χ1v) is 11.1. The molecule has 1 atom stereocenters. The Morgan fingerprint density at radius 1 is 1.18 bits per heavy atom. The van der Waals surface area contributed by atoms with Crippen molar-refractivity contribution in [2.24, 2.45) is 0 Å². The molecule has 1 aliphatic rings. The Hall–Kier alpha value is -2.45. The minimum Gasteiger partial charge on any atom is -0.325 e. The van der Waals surface area contributed by atoms with Crippen molar-refractivity contribution in [2.75, 3.05) is 17.6 Å². The molecule has 1 amide bonds. The Morgan fingerprint density at radius 2 is 1.93 bits per heavy atom. The lowest BCUT2D eigenvalue weighted by Crippen LogP contribution is -2.44. The van der Waals surface area contributed by atoms with E-state index in [2.05, 4.69) is 5.32 Å². The topological polar surface area (TPSA) is 88.5 Å². The van der Waals surface area contributed by atoms with E-state index in [0.29, 0.717) is 38.0 Å². The van der Waals surface area contributed by atoms with Gasteiger partial charge in [-0.3, -0.25) is 9.59 Å². The SMILES string of the molecule is CCCS(=O)(=O)N1CCCC1C(=O)Nc1ccc(Cn2ccccc2=O)cc1. The van der Waals surface area contributed by atoms with Crippen LogP contribution >= 0.6 is 0 Å². The van der Waals surface area contributed by atoms with Crippen molar-refractivity contribution in [3.8, 4) is 0 Å². The Balaban J connectivity index is 1.66. The highest BCUT2D eigenvalue weighted by Crippen LogP contribution is 2.23. The van der Waals surface area contributed by atoms with Crippen molar-refractivity contribution in [2.45, 2.75) is 38.8 Å². The van der Waals surface area contributed by atoms with E-state index in [1.807, 2.05) is 19.1 Å². The van der Waals surface area contributed by atoms with Crippen LogP contribution in [-0.2, 0) is 21.4 Å². The molecule has 0 radical (unpaired) electrons. The summed E-state index contributed by atoms with van der Waals surface area (Å²) in [7, 11) is -3.40. The Bertz CT molecular complexity index is 983. The van der Waals surface area contributed by atoms with Gasteiger partial charge in [0.05, 0.1) is 12.3 Å². The molecule has 2 heterocycles. The van der Waals surface area contributed by atoms with E-state index in [1.165, 1.54) is 10.4 Å². The van der Waals surface area contributed by atoms with Gasteiger partial charge >= 0.3 is 0 Å². The van der Waals surface area contributed by atoms with Gasteiger partial charge in [-0.15, -0.1) is 0 Å². The van der Waals surface area contributed by atoms with Gasteiger partial charge in [0.15, 0.2) is 0 Å². The number of benzene rings is 1. The monoisotopic (exact) mass is 403 g/mol. The number of nitrogens with zero attached hydrogens (tertiary/aromatic N) is 2. The molecule has 0 saturated carbocycles. The zero-order valence-corrected chi connectivity index (χ0v) is 16.7. The molecule has 150 valence electrons. The number of aromatic nitrogens is 1. The summed E-state index contributed by atoms with van der Waals surface area (Å²) in [5.74, 6) is -0.242. The number of sulfonamides is 1. The molecule has 1 fully saturated rings. The Labute approximate surface area is 165 Å². The Morgan fingerprint density at radius 3 is 2.61 bits per heavy atom. The number of carbonyl (C=O) groups is 1. The van der Waals surface area contributed by atoms with Gasteiger partial charge in [0, 0.05) is 24.5 Å². The number of amides is 1. The number of nitrogens with one attached hydrogen (secondary N) is 1. The number of hydrogen-bond donors (Lipinski definition) is 1. The van der Waals surface area contributed by atoms with Crippen LogP contribution in [0.1, 0.15) is 31.7 Å². The van der Waals surface area contributed by atoms with Crippen molar-refractivity contribution in [1.82, 2.24) is 8.87 Å². The third-order valence-electron chi connectivity index (χ3n) is 4.80. The number of carbonyl (C=O) groups excluding carboxylic acids is 1. The average Bonchev–Trinajstić information content (AvgIpc) is 3.16. The summed E-state index contributed by atoms with van der Waals surface area (Å²) in [6.07, 6.45) is 3.47. The number of hydrogen-bond acceptors (Lipinski definition) is 4. The number of rotatable bonds is 7.